The number of hydrogen-bond acceptors (Lipinski definition) is 5. The van der Waals surface area contributed by atoms with Crippen molar-refractivity contribution in [2.24, 2.45) is 19.8 Å². The number of nitrogens with two attached hydrogens (primary N) is 1. The molecule has 0 radical (unpaired) electrons. The van der Waals surface area contributed by atoms with E-state index in [9.17, 15) is 4.79 Å². The summed E-state index contributed by atoms with van der Waals surface area (Å²) in [6.07, 6.45) is 5.33. The molecule has 0 aliphatic carbocycles. The molecule has 26 heavy (non-hydrogen) atoms. The third-order valence-electron chi connectivity index (χ3n) is 4.12. The fourth-order valence-electron chi connectivity index (χ4n) is 2.68. The normalized spacial score (nSPS) is 12.2. The van der Waals surface area contributed by atoms with E-state index in [0.29, 0.717) is 5.69 Å². The van der Waals surface area contributed by atoms with Crippen LogP contribution in [0.3, 0.4) is 0 Å². The van der Waals surface area contributed by atoms with E-state index < -0.39 is 0 Å². The lowest BCUT2D eigenvalue weighted by Crippen LogP contribution is -2.19. The van der Waals surface area contributed by atoms with Gasteiger partial charge >= 0.3 is 0 Å². The molecule has 1 aromatic carbocycles. The van der Waals surface area contributed by atoms with Gasteiger partial charge in [-0.3, -0.25) is 9.48 Å². The molecular formula is C18H22N6OS. The molecule has 1 unspecified atom stereocenters. The molecule has 1 atom stereocenters. The monoisotopic (exact) mass is 370 g/mol. The maximum absolute atomic E-state index is 12.6. The van der Waals surface area contributed by atoms with E-state index in [2.05, 4.69) is 22.3 Å². The van der Waals surface area contributed by atoms with Crippen molar-refractivity contribution in [3.8, 4) is 0 Å². The third kappa shape index (κ3) is 3.81. The maximum atomic E-state index is 12.6. The van der Waals surface area contributed by atoms with Crippen LogP contribution in [0.1, 0.15) is 33.8 Å². The van der Waals surface area contributed by atoms with Gasteiger partial charge in [-0.2, -0.15) is 5.10 Å². The van der Waals surface area contributed by atoms with Crippen molar-refractivity contribution >= 4 is 23.4 Å². The van der Waals surface area contributed by atoms with Gasteiger partial charge in [-0.1, -0.05) is 23.9 Å². The highest BCUT2D eigenvalue weighted by Crippen LogP contribution is 2.34. The summed E-state index contributed by atoms with van der Waals surface area (Å²) >= 11 is 1.67. The lowest BCUT2D eigenvalue weighted by Gasteiger charge is -2.13. The highest BCUT2D eigenvalue weighted by molar-refractivity contribution is 7.99. The van der Waals surface area contributed by atoms with Crippen LogP contribution in [0.25, 0.3) is 0 Å². The summed E-state index contributed by atoms with van der Waals surface area (Å²) in [6.45, 7) is 2.39. The summed E-state index contributed by atoms with van der Waals surface area (Å²) in [5.74, 6) is -0.216. The van der Waals surface area contributed by atoms with Gasteiger partial charge in [-0.05, 0) is 24.6 Å². The fourth-order valence-corrected chi connectivity index (χ4v) is 3.62. The lowest BCUT2D eigenvalue weighted by molar-refractivity contribution is 0.101. The number of thioether (sulfide) groups is 1. The van der Waals surface area contributed by atoms with E-state index in [4.69, 9.17) is 5.73 Å². The highest BCUT2D eigenvalue weighted by atomic mass is 32.2. The zero-order valence-corrected chi connectivity index (χ0v) is 15.8. The Kier molecular flexibility index (Phi) is 5.43. The summed E-state index contributed by atoms with van der Waals surface area (Å²) < 4.78 is 3.53. The second-order valence-electron chi connectivity index (χ2n) is 6.01. The van der Waals surface area contributed by atoms with Crippen molar-refractivity contribution in [2.45, 2.75) is 23.9 Å². The van der Waals surface area contributed by atoms with Gasteiger partial charge < -0.3 is 15.6 Å². The molecule has 0 aliphatic heterocycles. The summed E-state index contributed by atoms with van der Waals surface area (Å²) in [5.41, 5.74) is 8.74. The average molecular weight is 370 g/mol. The molecule has 3 rings (SSSR count). The van der Waals surface area contributed by atoms with Crippen molar-refractivity contribution in [3.63, 3.8) is 0 Å². The molecule has 0 saturated carbocycles. The van der Waals surface area contributed by atoms with Crippen LogP contribution in [0.15, 0.2) is 48.0 Å². The number of rotatable bonds is 6. The first-order valence-corrected chi connectivity index (χ1v) is 9.13. The van der Waals surface area contributed by atoms with Crippen molar-refractivity contribution in [1.82, 2.24) is 19.3 Å². The number of aromatic nitrogens is 4. The molecule has 0 aliphatic rings. The molecule has 0 bridgehead atoms. The molecule has 0 fully saturated rings. The standard InChI is InChI=1S/C18H22N6OS/c1-12(26-18-20-7-8-23(18)2)13-5-4-6-15(9-13)22-17(25)16-14(10-19)11-21-24(16)3/h4-9,11-12H,10,19H2,1-3H3,(H,22,25). The van der Waals surface area contributed by atoms with E-state index in [0.717, 1.165) is 22.0 Å². The Morgan fingerprint density at radius 2 is 2.19 bits per heavy atom. The Balaban J connectivity index is 1.76. The van der Waals surface area contributed by atoms with Crippen molar-refractivity contribution in [3.05, 3.63) is 59.7 Å². The second kappa shape index (κ2) is 7.76. The molecule has 136 valence electrons. The third-order valence-corrected chi connectivity index (χ3v) is 5.35. The van der Waals surface area contributed by atoms with Crippen LogP contribution in [-0.2, 0) is 20.6 Å². The van der Waals surface area contributed by atoms with Crippen LogP contribution in [-0.4, -0.2) is 25.2 Å². The van der Waals surface area contributed by atoms with Gasteiger partial charge in [0.15, 0.2) is 5.16 Å². The second-order valence-corrected chi connectivity index (χ2v) is 7.31. The van der Waals surface area contributed by atoms with Gasteiger partial charge in [0.1, 0.15) is 5.69 Å². The molecule has 2 aromatic heterocycles. The maximum Gasteiger partial charge on any atom is 0.274 e. The Bertz CT molecular complexity index is 916. The van der Waals surface area contributed by atoms with Crippen LogP contribution in [0.2, 0.25) is 0 Å². The Morgan fingerprint density at radius 3 is 2.88 bits per heavy atom. The van der Waals surface area contributed by atoms with Crippen LogP contribution in [0.5, 0.6) is 0 Å². The number of hydrogen-bond donors (Lipinski definition) is 2. The molecule has 3 aromatic rings. The van der Waals surface area contributed by atoms with Crippen molar-refractivity contribution in [2.75, 3.05) is 5.32 Å². The molecular weight excluding hydrogens is 348 g/mol. The van der Waals surface area contributed by atoms with Gasteiger partial charge in [0.05, 0.1) is 6.20 Å². The summed E-state index contributed by atoms with van der Waals surface area (Å²) in [7, 11) is 3.71. The average Bonchev–Trinajstić information content (AvgIpc) is 3.20. The number of nitrogens with zero attached hydrogens (tertiary/aromatic N) is 4. The molecule has 8 heteroatoms. The largest absolute Gasteiger partial charge is 0.329 e. The topological polar surface area (TPSA) is 90.8 Å². The number of amides is 1. The smallest absolute Gasteiger partial charge is 0.274 e. The predicted octanol–water partition coefficient (Wildman–Crippen LogP) is 2.72. The molecule has 0 saturated heterocycles. The fraction of sp³-hybridized carbons (Fsp3) is 0.278. The van der Waals surface area contributed by atoms with Crippen molar-refractivity contribution in [1.29, 1.82) is 0 Å². The number of imidazole rings is 1. The van der Waals surface area contributed by atoms with Gasteiger partial charge in [-0.15, -0.1) is 0 Å². The highest BCUT2D eigenvalue weighted by Gasteiger charge is 2.17. The minimum absolute atomic E-state index is 0.198. The number of carbonyl (C=O) groups excluding carboxylic acids is 1. The van der Waals surface area contributed by atoms with Crippen LogP contribution in [0.4, 0.5) is 5.69 Å². The van der Waals surface area contributed by atoms with Gasteiger partial charge in [0, 0.05) is 49.5 Å². The van der Waals surface area contributed by atoms with Gasteiger partial charge in [0.2, 0.25) is 0 Å². The van der Waals surface area contributed by atoms with E-state index in [1.54, 1.807) is 35.9 Å². The van der Waals surface area contributed by atoms with E-state index in [1.165, 1.54) is 0 Å². The van der Waals surface area contributed by atoms with Gasteiger partial charge in [0.25, 0.3) is 5.91 Å². The Labute approximate surface area is 156 Å². The van der Waals surface area contributed by atoms with Crippen LogP contribution < -0.4 is 11.1 Å². The molecule has 0 spiro atoms. The number of benzene rings is 1. The van der Waals surface area contributed by atoms with Crippen LogP contribution >= 0.6 is 11.8 Å². The van der Waals surface area contributed by atoms with Gasteiger partial charge in [-0.25, -0.2) is 4.98 Å². The first-order valence-electron chi connectivity index (χ1n) is 8.25. The first kappa shape index (κ1) is 18.2. The SMILES string of the molecule is CC(Sc1nccn1C)c1cccc(NC(=O)c2c(CN)cnn2C)c1. The van der Waals surface area contributed by atoms with E-state index in [-0.39, 0.29) is 17.7 Å². The Morgan fingerprint density at radius 1 is 1.38 bits per heavy atom. The summed E-state index contributed by atoms with van der Waals surface area (Å²) in [6, 6.07) is 7.84. The number of anilines is 1. The zero-order chi connectivity index (χ0) is 18.7. The summed E-state index contributed by atoms with van der Waals surface area (Å²) in [4.78, 5) is 17.0. The van der Waals surface area contributed by atoms with E-state index in [1.807, 2.05) is 42.1 Å². The van der Waals surface area contributed by atoms with Crippen molar-refractivity contribution < 1.29 is 4.79 Å². The minimum atomic E-state index is -0.216. The number of aryl methyl sites for hydroxylation is 2. The molecule has 7 nitrogen and oxygen atoms in total. The number of carbonyl (C=O) groups is 1. The lowest BCUT2D eigenvalue weighted by atomic mass is 10.1. The molecule has 3 N–H and O–H groups in total. The Hall–Kier alpha value is -2.58. The first-order chi connectivity index (χ1) is 12.5. The quantitative estimate of drug-likeness (QED) is 0.651. The summed E-state index contributed by atoms with van der Waals surface area (Å²) in [5, 5.41) is 8.20. The molecule has 1 amide bonds. The number of nitrogens with one attached hydrogen (secondary N) is 1. The zero-order valence-electron chi connectivity index (χ0n) is 15.0. The minimum Gasteiger partial charge on any atom is -0.329 e. The van der Waals surface area contributed by atoms with Crippen LogP contribution in [0, 0.1) is 0 Å². The van der Waals surface area contributed by atoms with E-state index >= 15 is 0 Å². The predicted molar refractivity (Wildman–Crippen MR) is 103 cm³/mol. The molecule has 2 heterocycles.